The van der Waals surface area contributed by atoms with Gasteiger partial charge in [0.2, 0.25) is 0 Å². The average Bonchev–Trinajstić information content (AvgIpc) is 2.71. The normalized spacial score (nSPS) is 26.4. The molecule has 0 aromatic heterocycles. The van der Waals surface area contributed by atoms with Crippen LogP contribution in [0.4, 0.5) is 4.79 Å². The van der Waals surface area contributed by atoms with E-state index in [-0.39, 0.29) is 17.7 Å². The first kappa shape index (κ1) is 14.6. The van der Waals surface area contributed by atoms with Crippen molar-refractivity contribution in [3.8, 4) is 0 Å². The van der Waals surface area contributed by atoms with Gasteiger partial charge in [-0.1, -0.05) is 19.3 Å². The summed E-state index contributed by atoms with van der Waals surface area (Å²) in [5.74, 6) is 0. The minimum absolute atomic E-state index is 0.0409. The van der Waals surface area contributed by atoms with E-state index in [1.165, 1.54) is 19.3 Å². The highest BCUT2D eigenvalue weighted by Crippen LogP contribution is 2.40. The topological polar surface area (TPSA) is 38.8 Å². The van der Waals surface area contributed by atoms with E-state index in [4.69, 9.17) is 9.47 Å². The fraction of sp³-hybridized carbons (Fsp3) is 0.933. The molecule has 4 heteroatoms. The molecule has 1 aliphatic heterocycles. The van der Waals surface area contributed by atoms with E-state index in [0.717, 1.165) is 19.3 Å². The standard InChI is InChI=1S/C15H27NO3/c1-14(2,3)19-13(17)16(4)12-10-15(18-11-12)8-6-5-7-9-15/h12H,5-11H2,1-4H3/t12-/m0/s1. The summed E-state index contributed by atoms with van der Waals surface area (Å²) in [5.41, 5.74) is -0.396. The minimum Gasteiger partial charge on any atom is -0.444 e. The third-order valence-corrected chi connectivity index (χ3v) is 4.18. The number of hydrogen-bond donors (Lipinski definition) is 0. The van der Waals surface area contributed by atoms with Crippen LogP contribution in [0.2, 0.25) is 0 Å². The molecule has 1 atom stereocenters. The SMILES string of the molecule is CN(C(=O)OC(C)(C)C)[C@@H]1COC2(CCCCC2)C1. The Balaban J connectivity index is 1.91. The molecule has 4 nitrogen and oxygen atoms in total. The molecule has 1 amide bonds. The monoisotopic (exact) mass is 269 g/mol. The van der Waals surface area contributed by atoms with Crippen molar-refractivity contribution in [3.63, 3.8) is 0 Å². The summed E-state index contributed by atoms with van der Waals surface area (Å²) in [7, 11) is 1.82. The molecule has 2 rings (SSSR count). The van der Waals surface area contributed by atoms with Gasteiger partial charge in [0.05, 0.1) is 18.2 Å². The first-order chi connectivity index (χ1) is 8.81. The van der Waals surface area contributed by atoms with Gasteiger partial charge >= 0.3 is 6.09 Å². The Hall–Kier alpha value is -0.770. The predicted octanol–water partition coefficient (Wildman–Crippen LogP) is 3.35. The summed E-state index contributed by atoms with van der Waals surface area (Å²) in [6.07, 6.45) is 6.83. The fourth-order valence-electron chi connectivity index (χ4n) is 3.10. The van der Waals surface area contributed by atoms with E-state index < -0.39 is 5.60 Å². The molecule has 1 saturated heterocycles. The van der Waals surface area contributed by atoms with Crippen LogP contribution in [-0.2, 0) is 9.47 Å². The molecule has 0 unspecified atom stereocenters. The van der Waals surface area contributed by atoms with Crippen LogP contribution in [0.3, 0.4) is 0 Å². The lowest BCUT2D eigenvalue weighted by Gasteiger charge is -2.33. The van der Waals surface area contributed by atoms with Gasteiger partial charge in [0, 0.05) is 7.05 Å². The maximum atomic E-state index is 12.1. The van der Waals surface area contributed by atoms with Gasteiger partial charge in [-0.05, 0) is 40.0 Å². The molecule has 0 aromatic carbocycles. The summed E-state index contributed by atoms with van der Waals surface area (Å²) >= 11 is 0. The second-order valence-electron chi connectivity index (χ2n) is 7.00. The fourth-order valence-corrected chi connectivity index (χ4v) is 3.10. The van der Waals surface area contributed by atoms with Crippen LogP contribution in [0.5, 0.6) is 0 Å². The number of rotatable bonds is 1. The van der Waals surface area contributed by atoms with Gasteiger partial charge in [0.1, 0.15) is 5.60 Å². The maximum Gasteiger partial charge on any atom is 0.410 e. The highest BCUT2D eigenvalue weighted by molar-refractivity contribution is 5.68. The first-order valence-corrected chi connectivity index (χ1v) is 7.41. The lowest BCUT2D eigenvalue weighted by molar-refractivity contribution is -0.0256. The molecule has 19 heavy (non-hydrogen) atoms. The van der Waals surface area contributed by atoms with Gasteiger partial charge in [-0.3, -0.25) is 0 Å². The lowest BCUT2D eigenvalue weighted by Crippen LogP contribution is -2.42. The third-order valence-electron chi connectivity index (χ3n) is 4.18. The van der Waals surface area contributed by atoms with Crippen molar-refractivity contribution in [2.75, 3.05) is 13.7 Å². The molecule has 1 aliphatic carbocycles. The highest BCUT2D eigenvalue weighted by Gasteiger charge is 2.43. The number of ether oxygens (including phenoxy) is 2. The van der Waals surface area contributed by atoms with Gasteiger partial charge in [0.15, 0.2) is 0 Å². The molecule has 1 spiro atoms. The largest absolute Gasteiger partial charge is 0.444 e. The van der Waals surface area contributed by atoms with Crippen molar-refractivity contribution < 1.29 is 14.3 Å². The number of nitrogens with zero attached hydrogens (tertiary/aromatic N) is 1. The molecule has 2 fully saturated rings. The van der Waals surface area contributed by atoms with Crippen molar-refractivity contribution in [1.82, 2.24) is 4.90 Å². The van der Waals surface area contributed by atoms with Crippen LogP contribution in [0.1, 0.15) is 59.3 Å². The molecule has 110 valence electrons. The smallest absolute Gasteiger partial charge is 0.410 e. The van der Waals surface area contributed by atoms with Gasteiger partial charge < -0.3 is 14.4 Å². The molecule has 0 aromatic rings. The van der Waals surface area contributed by atoms with E-state index in [2.05, 4.69) is 0 Å². The molecular formula is C15H27NO3. The second kappa shape index (κ2) is 5.31. The molecule has 0 N–H and O–H groups in total. The van der Waals surface area contributed by atoms with Crippen molar-refractivity contribution in [1.29, 1.82) is 0 Å². The first-order valence-electron chi connectivity index (χ1n) is 7.41. The highest BCUT2D eigenvalue weighted by atomic mass is 16.6. The zero-order chi connectivity index (χ0) is 14.1. The Labute approximate surface area is 116 Å². The lowest BCUT2D eigenvalue weighted by atomic mass is 9.82. The Morgan fingerprint density at radius 2 is 1.89 bits per heavy atom. The van der Waals surface area contributed by atoms with Gasteiger partial charge in [-0.25, -0.2) is 4.79 Å². The molecule has 0 bridgehead atoms. The van der Waals surface area contributed by atoms with Crippen LogP contribution in [0.25, 0.3) is 0 Å². The van der Waals surface area contributed by atoms with Crippen LogP contribution in [0.15, 0.2) is 0 Å². The number of amides is 1. The zero-order valence-electron chi connectivity index (χ0n) is 12.7. The Bertz CT molecular complexity index is 329. The Morgan fingerprint density at radius 3 is 2.47 bits per heavy atom. The van der Waals surface area contributed by atoms with Gasteiger partial charge in [-0.2, -0.15) is 0 Å². The molecule has 1 heterocycles. The summed E-state index contributed by atoms with van der Waals surface area (Å²) in [4.78, 5) is 13.8. The van der Waals surface area contributed by atoms with Crippen LogP contribution >= 0.6 is 0 Å². The van der Waals surface area contributed by atoms with E-state index in [9.17, 15) is 4.79 Å². The van der Waals surface area contributed by atoms with E-state index >= 15 is 0 Å². The van der Waals surface area contributed by atoms with Crippen molar-refractivity contribution in [3.05, 3.63) is 0 Å². The molecule has 0 radical (unpaired) electrons. The van der Waals surface area contributed by atoms with Crippen LogP contribution in [0, 0.1) is 0 Å². The van der Waals surface area contributed by atoms with E-state index in [1.807, 2.05) is 27.8 Å². The van der Waals surface area contributed by atoms with Crippen LogP contribution < -0.4 is 0 Å². The summed E-state index contributed by atoms with van der Waals surface area (Å²) in [5, 5.41) is 0. The quantitative estimate of drug-likeness (QED) is 0.733. The molecule has 1 saturated carbocycles. The van der Waals surface area contributed by atoms with Gasteiger partial charge in [-0.15, -0.1) is 0 Å². The van der Waals surface area contributed by atoms with E-state index in [1.54, 1.807) is 4.90 Å². The van der Waals surface area contributed by atoms with Crippen molar-refractivity contribution in [2.45, 2.75) is 76.5 Å². The number of carbonyl (C=O) groups is 1. The summed E-state index contributed by atoms with van der Waals surface area (Å²) in [6.45, 7) is 6.33. The second-order valence-corrected chi connectivity index (χ2v) is 7.00. The molecule has 2 aliphatic rings. The third kappa shape index (κ3) is 3.62. The maximum absolute atomic E-state index is 12.1. The van der Waals surface area contributed by atoms with Gasteiger partial charge in [0.25, 0.3) is 0 Å². The Morgan fingerprint density at radius 1 is 1.26 bits per heavy atom. The Kier molecular flexibility index (Phi) is 4.09. The number of hydrogen-bond acceptors (Lipinski definition) is 3. The number of carbonyl (C=O) groups excluding carboxylic acids is 1. The minimum atomic E-state index is -0.437. The van der Waals surface area contributed by atoms with Crippen LogP contribution in [-0.4, -0.2) is 41.9 Å². The summed E-state index contributed by atoms with van der Waals surface area (Å²) < 4.78 is 11.5. The average molecular weight is 269 g/mol. The number of likely N-dealkylation sites (N-methyl/N-ethyl adjacent to an activating group) is 1. The molecular weight excluding hydrogens is 242 g/mol. The zero-order valence-corrected chi connectivity index (χ0v) is 12.7. The predicted molar refractivity (Wildman–Crippen MR) is 74.2 cm³/mol. The van der Waals surface area contributed by atoms with E-state index in [0.29, 0.717) is 6.61 Å². The van der Waals surface area contributed by atoms with Crippen molar-refractivity contribution >= 4 is 6.09 Å². The van der Waals surface area contributed by atoms with Crippen molar-refractivity contribution in [2.24, 2.45) is 0 Å². The summed E-state index contributed by atoms with van der Waals surface area (Å²) in [6, 6.07) is 0.160.